The van der Waals surface area contributed by atoms with Crippen LogP contribution in [-0.4, -0.2) is 44.4 Å². The zero-order chi connectivity index (χ0) is 14.8. The normalized spacial score (nSPS) is 14.8. The van der Waals surface area contributed by atoms with Crippen molar-refractivity contribution in [2.24, 2.45) is 0 Å². The highest BCUT2D eigenvalue weighted by Crippen LogP contribution is 2.33. The van der Waals surface area contributed by atoms with E-state index in [-0.39, 0.29) is 23.4 Å². The van der Waals surface area contributed by atoms with Gasteiger partial charge in [0.15, 0.2) is 11.5 Å². The topological polar surface area (TPSA) is 55.8 Å². The van der Waals surface area contributed by atoms with Gasteiger partial charge in [0.2, 0.25) is 10.0 Å². The van der Waals surface area contributed by atoms with E-state index in [4.69, 9.17) is 21.1 Å². The van der Waals surface area contributed by atoms with Gasteiger partial charge in [0.1, 0.15) is 13.2 Å². The smallest absolute Gasteiger partial charge is 0.243 e. The monoisotopic (exact) mass is 319 g/mol. The van der Waals surface area contributed by atoms with Crippen molar-refractivity contribution in [2.75, 3.05) is 25.6 Å². The van der Waals surface area contributed by atoms with Crippen LogP contribution in [0.3, 0.4) is 0 Å². The molecule has 1 aromatic rings. The van der Waals surface area contributed by atoms with Crippen LogP contribution in [0.1, 0.15) is 13.8 Å². The second kappa shape index (κ2) is 6.20. The molecule has 1 heterocycles. The first-order valence-electron chi connectivity index (χ1n) is 6.44. The molecule has 0 N–H and O–H groups in total. The molecule has 0 fully saturated rings. The third kappa shape index (κ3) is 3.02. The molecule has 0 aromatic heterocycles. The Kier molecular flexibility index (Phi) is 4.78. The van der Waals surface area contributed by atoms with Crippen LogP contribution in [0.5, 0.6) is 11.5 Å². The van der Waals surface area contributed by atoms with E-state index in [1.54, 1.807) is 6.07 Å². The maximum atomic E-state index is 12.6. The van der Waals surface area contributed by atoms with Crippen molar-refractivity contribution in [2.45, 2.75) is 24.8 Å². The molecule has 2 rings (SSSR count). The van der Waals surface area contributed by atoms with E-state index >= 15 is 0 Å². The van der Waals surface area contributed by atoms with Crippen LogP contribution in [0.2, 0.25) is 0 Å². The zero-order valence-corrected chi connectivity index (χ0v) is 13.1. The number of halogens is 1. The SMILES string of the molecule is CC(C)N(CCCl)S(=O)(=O)c1ccc2c(c1)OCCO2. The summed E-state index contributed by atoms with van der Waals surface area (Å²) >= 11 is 5.70. The van der Waals surface area contributed by atoms with Gasteiger partial charge < -0.3 is 9.47 Å². The first-order valence-corrected chi connectivity index (χ1v) is 8.41. The average molecular weight is 320 g/mol. The minimum Gasteiger partial charge on any atom is -0.486 e. The highest BCUT2D eigenvalue weighted by atomic mass is 35.5. The van der Waals surface area contributed by atoms with Crippen LogP contribution in [0.25, 0.3) is 0 Å². The van der Waals surface area contributed by atoms with E-state index in [2.05, 4.69) is 0 Å². The number of hydrogen-bond donors (Lipinski definition) is 0. The zero-order valence-electron chi connectivity index (χ0n) is 11.5. The maximum Gasteiger partial charge on any atom is 0.243 e. The number of alkyl halides is 1. The van der Waals surface area contributed by atoms with E-state index in [9.17, 15) is 8.42 Å². The quantitative estimate of drug-likeness (QED) is 0.780. The molecule has 0 aliphatic carbocycles. The van der Waals surface area contributed by atoms with Crippen molar-refractivity contribution >= 4 is 21.6 Å². The van der Waals surface area contributed by atoms with Crippen LogP contribution in [0.15, 0.2) is 23.1 Å². The highest BCUT2D eigenvalue weighted by molar-refractivity contribution is 7.89. The molecule has 0 unspecified atom stereocenters. The fourth-order valence-corrected chi connectivity index (χ4v) is 3.99. The Morgan fingerprint density at radius 2 is 1.90 bits per heavy atom. The van der Waals surface area contributed by atoms with Gasteiger partial charge >= 0.3 is 0 Å². The van der Waals surface area contributed by atoms with Crippen LogP contribution in [0, 0.1) is 0 Å². The molecule has 0 spiro atoms. The summed E-state index contributed by atoms with van der Waals surface area (Å²) in [5.74, 6) is 1.29. The number of benzene rings is 1. The molecule has 20 heavy (non-hydrogen) atoms. The fraction of sp³-hybridized carbons (Fsp3) is 0.538. The standard InChI is InChI=1S/C13H18ClNO4S/c1-10(2)15(6-5-14)20(16,17)11-3-4-12-13(9-11)19-8-7-18-12/h3-4,9-10H,5-8H2,1-2H3. The third-order valence-corrected chi connectivity index (χ3v) is 5.24. The Hall–Kier alpha value is -0.980. The predicted molar refractivity (Wildman–Crippen MR) is 77.2 cm³/mol. The lowest BCUT2D eigenvalue weighted by Crippen LogP contribution is -2.38. The summed E-state index contributed by atoms with van der Waals surface area (Å²) in [5.41, 5.74) is 0. The molecule has 0 bridgehead atoms. The molecule has 0 saturated heterocycles. The first-order chi connectivity index (χ1) is 9.46. The van der Waals surface area contributed by atoms with Crippen LogP contribution < -0.4 is 9.47 Å². The van der Waals surface area contributed by atoms with Crippen molar-refractivity contribution in [3.8, 4) is 11.5 Å². The van der Waals surface area contributed by atoms with Gasteiger partial charge in [-0.1, -0.05) is 0 Å². The first kappa shape index (κ1) is 15.4. The van der Waals surface area contributed by atoms with Crippen molar-refractivity contribution in [3.63, 3.8) is 0 Å². The summed E-state index contributed by atoms with van der Waals surface area (Å²) in [7, 11) is -3.58. The molecule has 1 aliphatic heterocycles. The number of ether oxygens (including phenoxy) is 2. The second-order valence-electron chi connectivity index (χ2n) is 4.70. The molecule has 0 amide bonds. The Morgan fingerprint density at radius 1 is 1.25 bits per heavy atom. The van der Waals surface area contributed by atoms with Gasteiger partial charge in [-0.2, -0.15) is 4.31 Å². The second-order valence-corrected chi connectivity index (χ2v) is 6.97. The lowest BCUT2D eigenvalue weighted by atomic mass is 10.3. The molecule has 5 nitrogen and oxygen atoms in total. The molecular formula is C13H18ClNO4S. The van der Waals surface area contributed by atoms with Crippen molar-refractivity contribution in [1.29, 1.82) is 0 Å². The minimum absolute atomic E-state index is 0.160. The lowest BCUT2D eigenvalue weighted by molar-refractivity contribution is 0.171. The fourth-order valence-electron chi connectivity index (χ4n) is 2.06. The van der Waals surface area contributed by atoms with Gasteiger partial charge in [-0.05, 0) is 26.0 Å². The Morgan fingerprint density at radius 3 is 2.50 bits per heavy atom. The van der Waals surface area contributed by atoms with E-state index in [0.717, 1.165) is 0 Å². The molecule has 112 valence electrons. The van der Waals surface area contributed by atoms with Gasteiger partial charge in [0.25, 0.3) is 0 Å². The number of nitrogens with zero attached hydrogens (tertiary/aromatic N) is 1. The highest BCUT2D eigenvalue weighted by Gasteiger charge is 2.28. The molecule has 7 heteroatoms. The lowest BCUT2D eigenvalue weighted by Gasteiger charge is -2.26. The third-order valence-electron chi connectivity index (χ3n) is 3.00. The molecule has 1 aromatic carbocycles. The number of rotatable bonds is 5. The van der Waals surface area contributed by atoms with Crippen molar-refractivity contribution in [3.05, 3.63) is 18.2 Å². The number of hydrogen-bond acceptors (Lipinski definition) is 4. The van der Waals surface area contributed by atoms with Gasteiger partial charge in [-0.15, -0.1) is 11.6 Å². The summed E-state index contributed by atoms with van der Waals surface area (Å²) in [4.78, 5) is 0.195. The largest absolute Gasteiger partial charge is 0.486 e. The van der Waals surface area contributed by atoms with Crippen LogP contribution in [0.4, 0.5) is 0 Å². The molecule has 0 saturated carbocycles. The molecule has 0 radical (unpaired) electrons. The molecule has 0 atom stereocenters. The van der Waals surface area contributed by atoms with Gasteiger partial charge in [-0.3, -0.25) is 0 Å². The Labute approximate surface area is 124 Å². The number of fused-ring (bicyclic) bond motifs is 1. The van der Waals surface area contributed by atoms with Crippen molar-refractivity contribution in [1.82, 2.24) is 4.31 Å². The summed E-state index contributed by atoms with van der Waals surface area (Å²) < 4.78 is 37.4. The molecular weight excluding hydrogens is 302 g/mol. The van der Waals surface area contributed by atoms with E-state index < -0.39 is 10.0 Å². The van der Waals surface area contributed by atoms with Crippen LogP contribution >= 0.6 is 11.6 Å². The summed E-state index contributed by atoms with van der Waals surface area (Å²) in [6, 6.07) is 4.51. The van der Waals surface area contributed by atoms with Crippen molar-refractivity contribution < 1.29 is 17.9 Å². The summed E-state index contributed by atoms with van der Waals surface area (Å²) in [5, 5.41) is 0. The van der Waals surface area contributed by atoms with Gasteiger partial charge in [-0.25, -0.2) is 8.42 Å². The Balaban J connectivity index is 2.38. The summed E-state index contributed by atoms with van der Waals surface area (Å²) in [6.45, 7) is 4.82. The summed E-state index contributed by atoms with van der Waals surface area (Å²) in [6.07, 6.45) is 0. The van der Waals surface area contributed by atoms with E-state index in [1.807, 2.05) is 13.8 Å². The molecule has 1 aliphatic rings. The Bertz CT molecular complexity index is 574. The average Bonchev–Trinajstić information content (AvgIpc) is 2.43. The minimum atomic E-state index is -3.58. The van der Waals surface area contributed by atoms with E-state index in [0.29, 0.717) is 24.7 Å². The van der Waals surface area contributed by atoms with Gasteiger partial charge in [0.05, 0.1) is 4.90 Å². The van der Waals surface area contributed by atoms with E-state index in [1.165, 1.54) is 16.4 Å². The predicted octanol–water partition coefficient (Wildman–Crippen LogP) is 2.10. The van der Waals surface area contributed by atoms with Crippen LogP contribution in [-0.2, 0) is 10.0 Å². The number of sulfonamides is 1. The van der Waals surface area contributed by atoms with Gasteiger partial charge in [0, 0.05) is 24.5 Å². The maximum absolute atomic E-state index is 12.6.